The number of carbonyl (C=O) groups is 2. The van der Waals surface area contributed by atoms with Gasteiger partial charge in [-0.05, 0) is 24.0 Å². The van der Waals surface area contributed by atoms with Crippen molar-refractivity contribution < 1.29 is 19.4 Å². The molecule has 1 amide bonds. The molecule has 108 valence electrons. The summed E-state index contributed by atoms with van der Waals surface area (Å²) in [5.41, 5.74) is 2.35. The number of fused-ring (bicyclic) bond motifs is 1. The molecule has 0 bridgehead atoms. The fourth-order valence-electron chi connectivity index (χ4n) is 2.53. The van der Waals surface area contributed by atoms with Crippen LogP contribution in [0.5, 0.6) is 0 Å². The molecule has 0 saturated heterocycles. The Labute approximate surface area is 117 Å². The van der Waals surface area contributed by atoms with E-state index in [0.29, 0.717) is 19.4 Å². The van der Waals surface area contributed by atoms with Gasteiger partial charge in [0.05, 0.1) is 0 Å². The van der Waals surface area contributed by atoms with Gasteiger partial charge in [0.15, 0.2) is 0 Å². The molecule has 1 aliphatic carbocycles. The van der Waals surface area contributed by atoms with Crippen LogP contribution in [0.1, 0.15) is 17.5 Å². The minimum atomic E-state index is -1.02. The second-order valence-electron chi connectivity index (χ2n) is 5.05. The molecule has 5 nitrogen and oxygen atoms in total. The van der Waals surface area contributed by atoms with E-state index in [2.05, 4.69) is 5.32 Å². The highest BCUT2D eigenvalue weighted by molar-refractivity contribution is 5.85. The van der Waals surface area contributed by atoms with Crippen LogP contribution in [0.25, 0.3) is 0 Å². The number of rotatable bonds is 6. The number of methoxy groups -OCH3 is 1. The first-order valence-corrected chi connectivity index (χ1v) is 6.70. The third-order valence-corrected chi connectivity index (χ3v) is 3.65. The predicted octanol–water partition coefficient (Wildman–Crippen LogP) is 1.01. The van der Waals surface area contributed by atoms with Gasteiger partial charge in [-0.15, -0.1) is 0 Å². The number of aliphatic carboxylic acids is 1. The van der Waals surface area contributed by atoms with Gasteiger partial charge in [-0.25, -0.2) is 4.79 Å². The van der Waals surface area contributed by atoms with E-state index in [1.165, 1.54) is 18.2 Å². The third-order valence-electron chi connectivity index (χ3n) is 3.65. The number of carboxylic acid groups (broad SMARTS) is 1. The van der Waals surface area contributed by atoms with Crippen molar-refractivity contribution in [3.05, 3.63) is 35.4 Å². The van der Waals surface area contributed by atoms with Gasteiger partial charge in [0, 0.05) is 26.1 Å². The summed E-state index contributed by atoms with van der Waals surface area (Å²) in [5.74, 6) is -1.38. The average Bonchev–Trinajstić information content (AvgIpc) is 2.86. The van der Waals surface area contributed by atoms with E-state index in [9.17, 15) is 9.59 Å². The molecule has 1 aromatic carbocycles. The van der Waals surface area contributed by atoms with Crippen LogP contribution in [0, 0.1) is 5.92 Å². The number of hydrogen-bond acceptors (Lipinski definition) is 3. The Hall–Kier alpha value is -1.88. The number of ether oxygens (including phenoxy) is 1. The molecule has 2 N–H and O–H groups in total. The van der Waals surface area contributed by atoms with Gasteiger partial charge >= 0.3 is 5.97 Å². The summed E-state index contributed by atoms with van der Waals surface area (Å²) in [6.07, 6.45) is 1.63. The molecule has 0 fully saturated rings. The largest absolute Gasteiger partial charge is 0.480 e. The van der Waals surface area contributed by atoms with Gasteiger partial charge < -0.3 is 15.2 Å². The molecule has 1 aromatic rings. The molecule has 1 unspecified atom stereocenters. The van der Waals surface area contributed by atoms with Crippen LogP contribution in [-0.4, -0.2) is 36.7 Å². The zero-order valence-corrected chi connectivity index (χ0v) is 11.5. The molecule has 0 heterocycles. The summed E-state index contributed by atoms with van der Waals surface area (Å²) < 4.78 is 4.87. The van der Waals surface area contributed by atoms with Gasteiger partial charge in [-0.2, -0.15) is 0 Å². The minimum absolute atomic E-state index is 0.170. The molecule has 1 aliphatic rings. The first-order valence-electron chi connectivity index (χ1n) is 6.70. The lowest BCUT2D eigenvalue weighted by Gasteiger charge is -2.17. The van der Waals surface area contributed by atoms with E-state index < -0.39 is 12.0 Å². The van der Waals surface area contributed by atoms with Crippen LogP contribution >= 0.6 is 0 Å². The molecule has 0 saturated carbocycles. The van der Waals surface area contributed by atoms with Crippen LogP contribution in [0.15, 0.2) is 24.3 Å². The van der Waals surface area contributed by atoms with Gasteiger partial charge in [0.1, 0.15) is 6.04 Å². The maximum atomic E-state index is 12.2. The van der Waals surface area contributed by atoms with E-state index >= 15 is 0 Å². The number of benzene rings is 1. The average molecular weight is 277 g/mol. The van der Waals surface area contributed by atoms with Crippen molar-refractivity contribution in [3.8, 4) is 0 Å². The van der Waals surface area contributed by atoms with Crippen LogP contribution < -0.4 is 5.32 Å². The highest BCUT2D eigenvalue weighted by atomic mass is 16.5. The summed E-state index contributed by atoms with van der Waals surface area (Å²) in [4.78, 5) is 23.3. The Kier molecular flexibility index (Phi) is 4.74. The van der Waals surface area contributed by atoms with E-state index in [1.54, 1.807) is 0 Å². The Morgan fingerprint density at radius 1 is 1.35 bits per heavy atom. The molecule has 5 heteroatoms. The molecule has 0 spiro atoms. The smallest absolute Gasteiger partial charge is 0.326 e. The third kappa shape index (κ3) is 3.36. The fourth-order valence-corrected chi connectivity index (χ4v) is 2.53. The van der Waals surface area contributed by atoms with E-state index in [1.807, 2.05) is 24.3 Å². The SMILES string of the molecule is COCCC(NC(=O)C1Cc2ccccc2C1)C(=O)O. The second kappa shape index (κ2) is 6.52. The highest BCUT2D eigenvalue weighted by Gasteiger charge is 2.29. The Bertz CT molecular complexity index is 475. The van der Waals surface area contributed by atoms with Crippen molar-refractivity contribution in [2.45, 2.75) is 25.3 Å². The van der Waals surface area contributed by atoms with Crippen LogP contribution in [0.2, 0.25) is 0 Å². The number of hydrogen-bond donors (Lipinski definition) is 2. The van der Waals surface area contributed by atoms with E-state index in [0.717, 1.165) is 0 Å². The zero-order valence-electron chi connectivity index (χ0n) is 11.5. The topological polar surface area (TPSA) is 75.6 Å². The zero-order chi connectivity index (χ0) is 14.5. The number of carboxylic acids is 1. The van der Waals surface area contributed by atoms with Gasteiger partial charge in [-0.1, -0.05) is 24.3 Å². The van der Waals surface area contributed by atoms with Crippen LogP contribution in [0.4, 0.5) is 0 Å². The standard InChI is InChI=1S/C15H19NO4/c1-20-7-6-13(15(18)19)16-14(17)12-8-10-4-2-3-5-11(10)9-12/h2-5,12-13H,6-9H2,1H3,(H,16,17)(H,18,19). The molecular formula is C15H19NO4. The van der Waals surface area contributed by atoms with E-state index in [4.69, 9.17) is 9.84 Å². The second-order valence-corrected chi connectivity index (χ2v) is 5.05. The summed E-state index contributed by atoms with van der Waals surface area (Å²) in [6, 6.07) is 7.06. The number of nitrogens with one attached hydrogen (secondary N) is 1. The van der Waals surface area contributed by atoms with Crippen molar-refractivity contribution in [2.24, 2.45) is 5.92 Å². The number of carbonyl (C=O) groups excluding carboxylic acids is 1. The molecular weight excluding hydrogens is 258 g/mol. The molecule has 0 aliphatic heterocycles. The summed E-state index contributed by atoms with van der Waals surface area (Å²) >= 11 is 0. The molecule has 0 radical (unpaired) electrons. The maximum Gasteiger partial charge on any atom is 0.326 e. The highest BCUT2D eigenvalue weighted by Crippen LogP contribution is 2.26. The van der Waals surface area contributed by atoms with Crippen LogP contribution in [0.3, 0.4) is 0 Å². The lowest BCUT2D eigenvalue weighted by Crippen LogP contribution is -2.44. The molecule has 2 rings (SSSR count). The van der Waals surface area contributed by atoms with Crippen molar-refractivity contribution in [2.75, 3.05) is 13.7 Å². The fraction of sp³-hybridized carbons (Fsp3) is 0.467. The monoisotopic (exact) mass is 277 g/mol. The number of amides is 1. The first kappa shape index (κ1) is 14.5. The van der Waals surface area contributed by atoms with Gasteiger partial charge in [0.2, 0.25) is 5.91 Å². The van der Waals surface area contributed by atoms with Gasteiger partial charge in [0.25, 0.3) is 0 Å². The van der Waals surface area contributed by atoms with Crippen molar-refractivity contribution in [1.82, 2.24) is 5.32 Å². The molecule has 20 heavy (non-hydrogen) atoms. The summed E-state index contributed by atoms with van der Waals surface area (Å²) in [7, 11) is 1.51. The van der Waals surface area contributed by atoms with Crippen molar-refractivity contribution in [3.63, 3.8) is 0 Å². The Morgan fingerprint density at radius 3 is 2.45 bits per heavy atom. The maximum absolute atomic E-state index is 12.2. The quantitative estimate of drug-likeness (QED) is 0.813. The van der Waals surface area contributed by atoms with Crippen LogP contribution in [-0.2, 0) is 27.2 Å². The first-order chi connectivity index (χ1) is 9.61. The Morgan fingerprint density at radius 2 is 1.95 bits per heavy atom. The van der Waals surface area contributed by atoms with Crippen molar-refractivity contribution in [1.29, 1.82) is 0 Å². The van der Waals surface area contributed by atoms with Gasteiger partial charge in [-0.3, -0.25) is 4.79 Å². The summed E-state index contributed by atoms with van der Waals surface area (Å²) in [6.45, 7) is 0.308. The molecule has 0 aromatic heterocycles. The normalized spacial score (nSPS) is 15.7. The predicted molar refractivity (Wildman–Crippen MR) is 73.4 cm³/mol. The summed E-state index contributed by atoms with van der Waals surface area (Å²) in [5, 5.41) is 11.7. The minimum Gasteiger partial charge on any atom is -0.480 e. The van der Waals surface area contributed by atoms with Crippen molar-refractivity contribution >= 4 is 11.9 Å². The Balaban J connectivity index is 1.94. The van der Waals surface area contributed by atoms with E-state index in [-0.39, 0.29) is 18.2 Å². The lowest BCUT2D eigenvalue weighted by atomic mass is 10.0. The lowest BCUT2D eigenvalue weighted by molar-refractivity contribution is -0.142. The molecule has 1 atom stereocenters.